The van der Waals surface area contributed by atoms with Crippen LogP contribution in [0.5, 0.6) is 0 Å². The van der Waals surface area contributed by atoms with Crippen molar-refractivity contribution in [2.75, 3.05) is 56.1 Å². The fraction of sp³-hybridized carbons (Fsp3) is 0.455. The Bertz CT molecular complexity index is 825. The van der Waals surface area contributed by atoms with Crippen LogP contribution in [0, 0.1) is 0 Å². The number of fused-ring (bicyclic) bond motifs is 1. The Hall–Kier alpha value is -2.60. The molecular formula is C22H30N6. The molecule has 1 fully saturated rings. The molecule has 1 aromatic heterocycles. The van der Waals surface area contributed by atoms with Gasteiger partial charge in [0.15, 0.2) is 5.96 Å². The van der Waals surface area contributed by atoms with E-state index in [9.17, 15) is 0 Å². The number of likely N-dealkylation sites (N-methyl/N-ethyl adjacent to an activating group) is 1. The highest BCUT2D eigenvalue weighted by Gasteiger charge is 2.22. The number of nitrogens with one attached hydrogen (secondary N) is 1. The van der Waals surface area contributed by atoms with Gasteiger partial charge in [-0.1, -0.05) is 25.1 Å². The van der Waals surface area contributed by atoms with Gasteiger partial charge in [-0.25, -0.2) is 4.98 Å². The zero-order valence-corrected chi connectivity index (χ0v) is 16.9. The summed E-state index contributed by atoms with van der Waals surface area (Å²) in [4.78, 5) is 16.3. The molecule has 1 N–H and O–H groups in total. The molecule has 6 nitrogen and oxygen atoms in total. The average Bonchev–Trinajstić information content (AvgIpc) is 3.19. The maximum atomic E-state index is 4.61. The molecule has 28 heavy (non-hydrogen) atoms. The molecule has 2 aliphatic rings. The minimum absolute atomic E-state index is 0.746. The number of hydrogen-bond donors (Lipinski definition) is 1. The van der Waals surface area contributed by atoms with E-state index in [1.807, 2.05) is 13.2 Å². The Kier molecular flexibility index (Phi) is 5.76. The average molecular weight is 379 g/mol. The van der Waals surface area contributed by atoms with Gasteiger partial charge in [-0.3, -0.25) is 4.99 Å². The van der Waals surface area contributed by atoms with Gasteiger partial charge in [0.2, 0.25) is 0 Å². The summed E-state index contributed by atoms with van der Waals surface area (Å²) in [6.07, 6.45) is 2.99. The molecule has 0 radical (unpaired) electrons. The number of rotatable bonds is 4. The molecule has 0 aliphatic carbocycles. The summed E-state index contributed by atoms with van der Waals surface area (Å²) in [6, 6.07) is 12.9. The Balaban J connectivity index is 1.40. The van der Waals surface area contributed by atoms with Crippen molar-refractivity contribution in [3.8, 4) is 0 Å². The van der Waals surface area contributed by atoms with Crippen molar-refractivity contribution >= 4 is 17.5 Å². The van der Waals surface area contributed by atoms with Gasteiger partial charge < -0.3 is 20.0 Å². The van der Waals surface area contributed by atoms with Gasteiger partial charge in [-0.15, -0.1) is 0 Å². The van der Waals surface area contributed by atoms with E-state index in [2.05, 4.69) is 73.3 Å². The maximum absolute atomic E-state index is 4.61. The predicted octanol–water partition coefficient (Wildman–Crippen LogP) is 2.36. The van der Waals surface area contributed by atoms with Gasteiger partial charge in [0.1, 0.15) is 5.82 Å². The van der Waals surface area contributed by atoms with Crippen LogP contribution >= 0.6 is 0 Å². The summed E-state index contributed by atoms with van der Waals surface area (Å²) in [5.41, 5.74) is 3.89. The largest absolute Gasteiger partial charge is 0.354 e. The minimum atomic E-state index is 0.746. The first-order valence-electron chi connectivity index (χ1n) is 10.3. The highest BCUT2D eigenvalue weighted by Crippen LogP contribution is 2.27. The van der Waals surface area contributed by atoms with Crippen molar-refractivity contribution in [1.82, 2.24) is 15.2 Å². The monoisotopic (exact) mass is 378 g/mol. The van der Waals surface area contributed by atoms with Crippen molar-refractivity contribution < 1.29 is 0 Å². The van der Waals surface area contributed by atoms with E-state index in [0.29, 0.717) is 0 Å². The van der Waals surface area contributed by atoms with E-state index >= 15 is 0 Å². The first-order chi connectivity index (χ1) is 13.8. The molecule has 0 spiro atoms. The number of hydrogen-bond acceptors (Lipinski definition) is 4. The highest BCUT2D eigenvalue weighted by molar-refractivity contribution is 5.97. The molecule has 0 unspecified atom stereocenters. The third-order valence-corrected chi connectivity index (χ3v) is 5.76. The molecule has 1 aromatic carbocycles. The molecule has 0 atom stereocenters. The van der Waals surface area contributed by atoms with Crippen molar-refractivity contribution in [2.45, 2.75) is 19.9 Å². The van der Waals surface area contributed by atoms with Crippen LogP contribution in [-0.2, 0) is 13.0 Å². The molecule has 3 heterocycles. The number of guanidine groups is 1. The predicted molar refractivity (Wildman–Crippen MR) is 116 cm³/mol. The van der Waals surface area contributed by atoms with Gasteiger partial charge in [0.05, 0.1) is 0 Å². The van der Waals surface area contributed by atoms with Crippen molar-refractivity contribution in [1.29, 1.82) is 0 Å². The minimum Gasteiger partial charge on any atom is -0.354 e. The van der Waals surface area contributed by atoms with Gasteiger partial charge in [0, 0.05) is 58.2 Å². The highest BCUT2D eigenvalue weighted by atomic mass is 15.3. The first kappa shape index (κ1) is 18.7. The smallest absolute Gasteiger partial charge is 0.198 e. The van der Waals surface area contributed by atoms with E-state index in [-0.39, 0.29) is 0 Å². The zero-order valence-electron chi connectivity index (χ0n) is 16.9. The molecule has 2 aliphatic heterocycles. The van der Waals surface area contributed by atoms with E-state index < -0.39 is 0 Å². The van der Waals surface area contributed by atoms with Gasteiger partial charge in [-0.05, 0) is 42.3 Å². The Labute approximate surface area is 167 Å². The first-order valence-corrected chi connectivity index (χ1v) is 10.3. The third-order valence-electron chi connectivity index (χ3n) is 5.76. The van der Waals surface area contributed by atoms with Crippen molar-refractivity contribution in [3.05, 3.63) is 53.7 Å². The van der Waals surface area contributed by atoms with Gasteiger partial charge in [-0.2, -0.15) is 0 Å². The lowest BCUT2D eigenvalue weighted by Crippen LogP contribution is -2.46. The molecule has 4 rings (SSSR count). The number of benzene rings is 1. The maximum Gasteiger partial charge on any atom is 0.198 e. The van der Waals surface area contributed by atoms with Crippen LogP contribution in [0.2, 0.25) is 0 Å². The van der Waals surface area contributed by atoms with E-state index in [1.54, 1.807) is 0 Å². The van der Waals surface area contributed by atoms with Crippen LogP contribution in [0.1, 0.15) is 18.1 Å². The quantitative estimate of drug-likeness (QED) is 0.654. The lowest BCUT2D eigenvalue weighted by atomic mass is 10.2. The van der Waals surface area contributed by atoms with Crippen LogP contribution < -0.4 is 15.1 Å². The lowest BCUT2D eigenvalue weighted by Gasteiger charge is -2.34. The normalized spacial score (nSPS) is 17.7. The molecule has 1 saturated heterocycles. The van der Waals surface area contributed by atoms with E-state index in [1.165, 1.54) is 16.8 Å². The van der Waals surface area contributed by atoms with E-state index in [4.69, 9.17) is 0 Å². The summed E-state index contributed by atoms with van der Waals surface area (Å²) in [5.74, 6) is 2.01. The second-order valence-corrected chi connectivity index (χ2v) is 7.37. The molecule has 0 bridgehead atoms. The third kappa shape index (κ3) is 3.97. The molecule has 148 valence electrons. The molecule has 0 saturated carbocycles. The fourth-order valence-electron chi connectivity index (χ4n) is 4.07. The zero-order chi connectivity index (χ0) is 19.3. The number of piperazine rings is 1. The van der Waals surface area contributed by atoms with Gasteiger partial charge >= 0.3 is 0 Å². The van der Waals surface area contributed by atoms with Crippen LogP contribution in [-0.4, -0.2) is 62.2 Å². The number of anilines is 2. The Morgan fingerprint density at radius 3 is 2.71 bits per heavy atom. The summed E-state index contributed by atoms with van der Waals surface area (Å²) >= 11 is 0. The second kappa shape index (κ2) is 8.61. The lowest BCUT2D eigenvalue weighted by molar-refractivity contribution is 0.270. The SMILES string of the molecule is CCN1CCN(c2cc(CNC(=NC)N3CCc4ccccc43)ccn2)CC1. The van der Waals surface area contributed by atoms with Crippen LogP contribution in [0.25, 0.3) is 0 Å². The summed E-state index contributed by atoms with van der Waals surface area (Å²) in [7, 11) is 1.86. The van der Waals surface area contributed by atoms with Crippen molar-refractivity contribution in [2.24, 2.45) is 4.99 Å². The second-order valence-electron chi connectivity index (χ2n) is 7.37. The van der Waals surface area contributed by atoms with Crippen molar-refractivity contribution in [3.63, 3.8) is 0 Å². The molecule has 2 aromatic rings. The van der Waals surface area contributed by atoms with Crippen LogP contribution in [0.4, 0.5) is 11.5 Å². The molecular weight excluding hydrogens is 348 g/mol. The van der Waals surface area contributed by atoms with Gasteiger partial charge in [0.25, 0.3) is 0 Å². The topological polar surface area (TPSA) is 47.0 Å². The van der Waals surface area contributed by atoms with Crippen LogP contribution in [0.3, 0.4) is 0 Å². The Morgan fingerprint density at radius 1 is 1.11 bits per heavy atom. The summed E-state index contributed by atoms with van der Waals surface area (Å²) < 4.78 is 0. The number of aliphatic imine (C=N–C) groups is 1. The van der Waals surface area contributed by atoms with Crippen LogP contribution in [0.15, 0.2) is 47.6 Å². The number of pyridine rings is 1. The molecule has 6 heteroatoms. The fourth-order valence-corrected chi connectivity index (χ4v) is 4.07. The summed E-state index contributed by atoms with van der Waals surface area (Å²) in [5, 5.41) is 3.54. The number of para-hydroxylation sites is 1. The number of aromatic nitrogens is 1. The van der Waals surface area contributed by atoms with E-state index in [0.717, 1.165) is 64.0 Å². The Morgan fingerprint density at radius 2 is 1.93 bits per heavy atom. The standard InChI is InChI=1S/C22H30N6/c1-3-26-12-14-27(15-13-26)21-16-18(8-10-24-21)17-25-22(23-2)28-11-9-19-6-4-5-7-20(19)28/h4-8,10,16H,3,9,11-15,17H2,1-2H3,(H,23,25). The number of nitrogens with zero attached hydrogens (tertiary/aromatic N) is 5. The molecule has 0 amide bonds. The summed E-state index contributed by atoms with van der Waals surface area (Å²) in [6.45, 7) is 9.39.